The highest BCUT2D eigenvalue weighted by atomic mass is 15.5. The molecule has 0 aromatic carbocycles. The first kappa shape index (κ1) is 13.6. The summed E-state index contributed by atoms with van der Waals surface area (Å²) in [7, 11) is 0. The first-order chi connectivity index (χ1) is 9.85. The van der Waals surface area contributed by atoms with Crippen LogP contribution in [0.3, 0.4) is 0 Å². The van der Waals surface area contributed by atoms with Crippen LogP contribution in [0.5, 0.6) is 0 Å². The van der Waals surface area contributed by atoms with Crippen LogP contribution in [0, 0.1) is 0 Å². The van der Waals surface area contributed by atoms with Crippen molar-refractivity contribution in [3.05, 3.63) is 11.9 Å². The molecule has 0 atom stereocenters. The van der Waals surface area contributed by atoms with E-state index in [4.69, 9.17) is 4.98 Å². The SMILES string of the molecule is CCCNc1cc(NN2CCCCC2)nc(C2CC2)n1. The summed E-state index contributed by atoms with van der Waals surface area (Å²) in [5, 5.41) is 5.67. The molecule has 2 fully saturated rings. The summed E-state index contributed by atoms with van der Waals surface area (Å²) in [6, 6.07) is 2.04. The van der Waals surface area contributed by atoms with Crippen molar-refractivity contribution in [3.63, 3.8) is 0 Å². The molecule has 1 aliphatic carbocycles. The van der Waals surface area contributed by atoms with E-state index in [0.29, 0.717) is 5.92 Å². The minimum Gasteiger partial charge on any atom is -0.370 e. The number of piperidine rings is 1. The standard InChI is InChI=1S/C15H25N5/c1-2-8-16-13-11-14(18-15(17-13)12-6-7-12)19-20-9-4-3-5-10-20/h11-12H,2-10H2,1H3,(H2,16,17,18,19). The van der Waals surface area contributed by atoms with Crippen LogP contribution in [0.4, 0.5) is 11.6 Å². The quantitative estimate of drug-likeness (QED) is 0.836. The molecule has 5 nitrogen and oxygen atoms in total. The Morgan fingerprint density at radius 3 is 2.60 bits per heavy atom. The Morgan fingerprint density at radius 2 is 1.90 bits per heavy atom. The van der Waals surface area contributed by atoms with Crippen molar-refractivity contribution in [2.45, 2.75) is 51.4 Å². The summed E-state index contributed by atoms with van der Waals surface area (Å²) in [4.78, 5) is 9.34. The first-order valence-corrected chi connectivity index (χ1v) is 7.99. The Balaban J connectivity index is 1.71. The van der Waals surface area contributed by atoms with Gasteiger partial charge in [0.2, 0.25) is 0 Å². The maximum atomic E-state index is 4.69. The molecule has 0 spiro atoms. The minimum atomic E-state index is 0.584. The van der Waals surface area contributed by atoms with Gasteiger partial charge in [0, 0.05) is 31.6 Å². The van der Waals surface area contributed by atoms with Crippen LogP contribution in [-0.2, 0) is 0 Å². The second-order valence-corrected chi connectivity index (χ2v) is 5.86. The normalized spacial score (nSPS) is 19.9. The predicted molar refractivity (Wildman–Crippen MR) is 81.8 cm³/mol. The molecule has 1 aromatic rings. The highest BCUT2D eigenvalue weighted by Crippen LogP contribution is 2.38. The van der Waals surface area contributed by atoms with Gasteiger partial charge in [0.1, 0.15) is 17.5 Å². The largest absolute Gasteiger partial charge is 0.370 e. The third-order valence-corrected chi connectivity index (χ3v) is 3.87. The smallest absolute Gasteiger partial charge is 0.146 e. The lowest BCUT2D eigenvalue weighted by Crippen LogP contribution is -2.35. The van der Waals surface area contributed by atoms with Crippen LogP contribution in [-0.4, -0.2) is 34.6 Å². The van der Waals surface area contributed by atoms with Crippen molar-refractivity contribution in [2.24, 2.45) is 0 Å². The molecule has 0 amide bonds. The van der Waals surface area contributed by atoms with Crippen molar-refractivity contribution in [3.8, 4) is 0 Å². The summed E-state index contributed by atoms with van der Waals surface area (Å²) >= 11 is 0. The molecule has 2 aliphatic rings. The zero-order valence-corrected chi connectivity index (χ0v) is 12.4. The number of hydrazine groups is 1. The van der Waals surface area contributed by atoms with E-state index in [1.165, 1.54) is 32.1 Å². The number of hydrogen-bond acceptors (Lipinski definition) is 5. The maximum Gasteiger partial charge on any atom is 0.146 e. The Morgan fingerprint density at radius 1 is 1.15 bits per heavy atom. The van der Waals surface area contributed by atoms with Gasteiger partial charge < -0.3 is 10.7 Å². The molecule has 2 N–H and O–H groups in total. The third kappa shape index (κ3) is 3.60. The van der Waals surface area contributed by atoms with Crippen LogP contribution in [0.2, 0.25) is 0 Å². The molecule has 1 aromatic heterocycles. The van der Waals surface area contributed by atoms with Crippen LogP contribution in [0.1, 0.15) is 57.2 Å². The summed E-state index contributed by atoms with van der Waals surface area (Å²) < 4.78 is 0. The summed E-state index contributed by atoms with van der Waals surface area (Å²) in [6.07, 6.45) is 7.47. The topological polar surface area (TPSA) is 53.1 Å². The molecular formula is C15H25N5. The van der Waals surface area contributed by atoms with Crippen LogP contribution >= 0.6 is 0 Å². The highest BCUT2D eigenvalue weighted by molar-refractivity contribution is 5.47. The number of aromatic nitrogens is 2. The maximum absolute atomic E-state index is 4.69. The molecular weight excluding hydrogens is 250 g/mol. The van der Waals surface area contributed by atoms with E-state index >= 15 is 0 Å². The molecule has 0 radical (unpaired) electrons. The van der Waals surface area contributed by atoms with E-state index < -0.39 is 0 Å². The van der Waals surface area contributed by atoms with Gasteiger partial charge in [-0.25, -0.2) is 15.0 Å². The van der Waals surface area contributed by atoms with Crippen LogP contribution in [0.25, 0.3) is 0 Å². The predicted octanol–water partition coefficient (Wildman–Crippen LogP) is 2.99. The van der Waals surface area contributed by atoms with Gasteiger partial charge in [-0.1, -0.05) is 13.3 Å². The van der Waals surface area contributed by atoms with Gasteiger partial charge >= 0.3 is 0 Å². The Labute approximate surface area is 121 Å². The molecule has 5 heteroatoms. The fourth-order valence-electron chi connectivity index (χ4n) is 2.56. The average molecular weight is 275 g/mol. The van der Waals surface area contributed by atoms with E-state index in [0.717, 1.165) is 43.5 Å². The van der Waals surface area contributed by atoms with Gasteiger partial charge in [-0.2, -0.15) is 0 Å². The number of hydrogen-bond donors (Lipinski definition) is 2. The Bertz CT molecular complexity index is 438. The molecule has 1 saturated heterocycles. The van der Waals surface area contributed by atoms with Crippen molar-refractivity contribution < 1.29 is 0 Å². The van der Waals surface area contributed by atoms with Crippen molar-refractivity contribution in [2.75, 3.05) is 30.4 Å². The fraction of sp³-hybridized carbons (Fsp3) is 0.733. The third-order valence-electron chi connectivity index (χ3n) is 3.87. The van der Waals surface area contributed by atoms with E-state index in [1.54, 1.807) is 0 Å². The average Bonchev–Trinajstić information content (AvgIpc) is 3.31. The molecule has 110 valence electrons. The lowest BCUT2D eigenvalue weighted by molar-refractivity contribution is 0.272. The summed E-state index contributed by atoms with van der Waals surface area (Å²) in [5.41, 5.74) is 3.46. The van der Waals surface area contributed by atoms with Crippen LogP contribution in [0.15, 0.2) is 6.07 Å². The zero-order chi connectivity index (χ0) is 13.8. The number of anilines is 2. The van der Waals surface area contributed by atoms with Crippen molar-refractivity contribution >= 4 is 11.6 Å². The van der Waals surface area contributed by atoms with Gasteiger partial charge in [0.15, 0.2) is 0 Å². The van der Waals surface area contributed by atoms with E-state index in [1.807, 2.05) is 6.07 Å². The Kier molecular flexibility index (Phi) is 4.35. The monoisotopic (exact) mass is 275 g/mol. The minimum absolute atomic E-state index is 0.584. The first-order valence-electron chi connectivity index (χ1n) is 7.99. The van der Waals surface area contributed by atoms with Crippen molar-refractivity contribution in [1.29, 1.82) is 0 Å². The second-order valence-electron chi connectivity index (χ2n) is 5.86. The van der Waals surface area contributed by atoms with Gasteiger partial charge in [-0.3, -0.25) is 0 Å². The molecule has 1 saturated carbocycles. The number of nitrogens with zero attached hydrogens (tertiary/aromatic N) is 3. The molecule has 20 heavy (non-hydrogen) atoms. The van der Waals surface area contributed by atoms with Gasteiger partial charge in [0.05, 0.1) is 0 Å². The molecule has 0 bridgehead atoms. The summed E-state index contributed by atoms with van der Waals surface area (Å²) in [6.45, 7) is 5.36. The van der Waals surface area contributed by atoms with Crippen LogP contribution < -0.4 is 10.7 Å². The molecule has 0 unspecified atom stereocenters. The zero-order valence-electron chi connectivity index (χ0n) is 12.4. The lowest BCUT2D eigenvalue weighted by atomic mass is 10.2. The molecule has 2 heterocycles. The lowest BCUT2D eigenvalue weighted by Gasteiger charge is -2.27. The van der Waals surface area contributed by atoms with Crippen molar-refractivity contribution in [1.82, 2.24) is 15.0 Å². The molecule has 3 rings (SSSR count). The van der Waals surface area contributed by atoms with E-state index in [2.05, 4.69) is 27.7 Å². The number of nitrogens with one attached hydrogen (secondary N) is 2. The van der Waals surface area contributed by atoms with Gasteiger partial charge in [-0.05, 0) is 32.1 Å². The fourth-order valence-corrected chi connectivity index (χ4v) is 2.56. The number of rotatable bonds is 6. The highest BCUT2D eigenvalue weighted by Gasteiger charge is 2.27. The Hall–Kier alpha value is -1.36. The van der Waals surface area contributed by atoms with Gasteiger partial charge in [-0.15, -0.1) is 0 Å². The van der Waals surface area contributed by atoms with Gasteiger partial charge in [0.25, 0.3) is 0 Å². The second kappa shape index (κ2) is 6.39. The van der Waals surface area contributed by atoms with E-state index in [9.17, 15) is 0 Å². The van der Waals surface area contributed by atoms with E-state index in [-0.39, 0.29) is 0 Å². The summed E-state index contributed by atoms with van der Waals surface area (Å²) in [5.74, 6) is 3.50. The molecule has 1 aliphatic heterocycles.